The van der Waals surface area contributed by atoms with Gasteiger partial charge in [0.05, 0.1) is 0 Å². The van der Waals surface area contributed by atoms with E-state index in [2.05, 4.69) is 5.32 Å². The molecule has 0 spiro atoms. The van der Waals surface area contributed by atoms with E-state index in [0.29, 0.717) is 5.56 Å². The SMILES string of the molecule is NCC(O)NC(O)c1ccccc1. The van der Waals surface area contributed by atoms with Crippen LogP contribution in [0, 0.1) is 0 Å². The van der Waals surface area contributed by atoms with Crippen molar-refractivity contribution >= 4 is 0 Å². The van der Waals surface area contributed by atoms with Crippen molar-refractivity contribution in [2.45, 2.75) is 12.5 Å². The summed E-state index contributed by atoms with van der Waals surface area (Å²) in [6.45, 7) is 0.0733. The maximum Gasteiger partial charge on any atom is 0.133 e. The van der Waals surface area contributed by atoms with Crippen LogP contribution < -0.4 is 11.1 Å². The van der Waals surface area contributed by atoms with E-state index in [1.54, 1.807) is 12.1 Å². The summed E-state index contributed by atoms with van der Waals surface area (Å²) >= 11 is 0. The number of aliphatic hydroxyl groups excluding tert-OH is 2. The molecule has 0 heterocycles. The zero-order valence-electron chi connectivity index (χ0n) is 7.22. The maximum absolute atomic E-state index is 9.50. The smallest absolute Gasteiger partial charge is 0.133 e. The topological polar surface area (TPSA) is 78.5 Å². The van der Waals surface area contributed by atoms with E-state index >= 15 is 0 Å². The molecule has 1 aromatic rings. The molecule has 72 valence electrons. The second-order valence-electron chi connectivity index (χ2n) is 2.73. The molecule has 0 saturated carbocycles. The molecule has 4 heteroatoms. The summed E-state index contributed by atoms with van der Waals surface area (Å²) in [6, 6.07) is 9.02. The number of nitrogens with one attached hydrogen (secondary N) is 1. The quantitative estimate of drug-likeness (QED) is 0.475. The van der Waals surface area contributed by atoms with Gasteiger partial charge in [0.25, 0.3) is 0 Å². The number of benzene rings is 1. The van der Waals surface area contributed by atoms with Crippen LogP contribution in [0.4, 0.5) is 0 Å². The molecule has 4 nitrogen and oxygen atoms in total. The fourth-order valence-electron chi connectivity index (χ4n) is 0.982. The van der Waals surface area contributed by atoms with Crippen LogP contribution in [0.1, 0.15) is 11.8 Å². The molecule has 1 aromatic carbocycles. The molecule has 0 aliphatic carbocycles. The predicted octanol–water partition coefficient (Wildman–Crippen LogP) is -0.456. The molecular weight excluding hydrogens is 168 g/mol. The Hall–Kier alpha value is -0.940. The van der Waals surface area contributed by atoms with Crippen molar-refractivity contribution in [3.8, 4) is 0 Å². The average Bonchev–Trinajstić information content (AvgIpc) is 2.19. The van der Waals surface area contributed by atoms with Crippen molar-refractivity contribution in [1.29, 1.82) is 0 Å². The lowest BCUT2D eigenvalue weighted by atomic mass is 10.2. The fraction of sp³-hybridized carbons (Fsp3) is 0.333. The Morgan fingerprint density at radius 3 is 2.38 bits per heavy atom. The molecule has 0 fully saturated rings. The van der Waals surface area contributed by atoms with E-state index < -0.39 is 12.5 Å². The van der Waals surface area contributed by atoms with Gasteiger partial charge in [-0.1, -0.05) is 30.3 Å². The van der Waals surface area contributed by atoms with E-state index in [-0.39, 0.29) is 6.54 Å². The molecule has 2 atom stereocenters. The largest absolute Gasteiger partial charge is 0.377 e. The van der Waals surface area contributed by atoms with Crippen molar-refractivity contribution < 1.29 is 10.2 Å². The number of hydrogen-bond donors (Lipinski definition) is 4. The third-order valence-corrected chi connectivity index (χ3v) is 1.69. The standard InChI is InChI=1S/C9H14N2O2/c10-6-8(12)11-9(13)7-4-2-1-3-5-7/h1-5,8-9,11-13H,6,10H2. The molecule has 1 rings (SSSR count). The van der Waals surface area contributed by atoms with Gasteiger partial charge in [0.1, 0.15) is 12.5 Å². The molecule has 0 radical (unpaired) electrons. The molecule has 0 aliphatic heterocycles. The third kappa shape index (κ3) is 3.12. The average molecular weight is 182 g/mol. The minimum atomic E-state index is -0.879. The van der Waals surface area contributed by atoms with Gasteiger partial charge in [0.15, 0.2) is 0 Å². The van der Waals surface area contributed by atoms with Crippen molar-refractivity contribution in [3.63, 3.8) is 0 Å². The van der Waals surface area contributed by atoms with E-state index in [4.69, 9.17) is 10.8 Å². The van der Waals surface area contributed by atoms with Gasteiger partial charge in [-0.05, 0) is 5.56 Å². The number of aliphatic hydroxyl groups is 2. The summed E-state index contributed by atoms with van der Waals surface area (Å²) in [6.07, 6.45) is -1.75. The van der Waals surface area contributed by atoms with Crippen LogP contribution >= 0.6 is 0 Å². The summed E-state index contributed by atoms with van der Waals surface area (Å²) in [5.41, 5.74) is 5.88. The first-order valence-corrected chi connectivity index (χ1v) is 4.11. The Balaban J connectivity index is 2.53. The first kappa shape index (κ1) is 10.1. The highest BCUT2D eigenvalue weighted by molar-refractivity contribution is 5.16. The maximum atomic E-state index is 9.50. The van der Waals surface area contributed by atoms with Gasteiger partial charge in [-0.3, -0.25) is 5.32 Å². The third-order valence-electron chi connectivity index (χ3n) is 1.69. The zero-order valence-corrected chi connectivity index (χ0v) is 7.22. The van der Waals surface area contributed by atoms with Gasteiger partial charge in [-0.2, -0.15) is 0 Å². The van der Waals surface area contributed by atoms with Crippen molar-refractivity contribution in [2.24, 2.45) is 5.73 Å². The van der Waals surface area contributed by atoms with Crippen LogP contribution in [0.2, 0.25) is 0 Å². The van der Waals surface area contributed by atoms with Gasteiger partial charge >= 0.3 is 0 Å². The molecule has 13 heavy (non-hydrogen) atoms. The van der Waals surface area contributed by atoms with E-state index in [0.717, 1.165) is 0 Å². The molecule has 0 aromatic heterocycles. The van der Waals surface area contributed by atoms with Crippen LogP contribution in [0.15, 0.2) is 30.3 Å². The summed E-state index contributed by atoms with van der Waals surface area (Å²) in [5, 5.41) is 21.1. The summed E-state index contributed by atoms with van der Waals surface area (Å²) in [5.74, 6) is 0. The monoisotopic (exact) mass is 182 g/mol. The molecule has 2 unspecified atom stereocenters. The Labute approximate surface area is 77.0 Å². The molecule has 5 N–H and O–H groups in total. The number of nitrogens with two attached hydrogens (primary N) is 1. The van der Waals surface area contributed by atoms with Crippen LogP contribution in [-0.2, 0) is 0 Å². The van der Waals surface area contributed by atoms with Crippen molar-refractivity contribution in [2.75, 3.05) is 6.54 Å². The lowest BCUT2D eigenvalue weighted by molar-refractivity contribution is 0.0464. The zero-order chi connectivity index (χ0) is 9.68. The van der Waals surface area contributed by atoms with Gasteiger partial charge in [0.2, 0.25) is 0 Å². The predicted molar refractivity (Wildman–Crippen MR) is 49.6 cm³/mol. The second-order valence-corrected chi connectivity index (χ2v) is 2.73. The highest BCUT2D eigenvalue weighted by Gasteiger charge is 2.09. The van der Waals surface area contributed by atoms with E-state index in [1.807, 2.05) is 18.2 Å². The van der Waals surface area contributed by atoms with Crippen LogP contribution in [0.5, 0.6) is 0 Å². The first-order valence-electron chi connectivity index (χ1n) is 4.11. The highest BCUT2D eigenvalue weighted by atomic mass is 16.3. The highest BCUT2D eigenvalue weighted by Crippen LogP contribution is 2.08. The Bertz CT molecular complexity index is 241. The second kappa shape index (κ2) is 4.94. The number of rotatable bonds is 4. The molecule has 0 aliphatic rings. The lowest BCUT2D eigenvalue weighted by Gasteiger charge is -2.16. The van der Waals surface area contributed by atoms with Crippen LogP contribution in [0.3, 0.4) is 0 Å². The van der Waals surface area contributed by atoms with E-state index in [9.17, 15) is 5.11 Å². The number of hydrogen-bond acceptors (Lipinski definition) is 4. The minimum Gasteiger partial charge on any atom is -0.377 e. The minimum absolute atomic E-state index is 0.0733. The molecule has 0 saturated heterocycles. The van der Waals surface area contributed by atoms with Gasteiger partial charge in [-0.15, -0.1) is 0 Å². The Kier molecular flexibility index (Phi) is 3.85. The van der Waals surface area contributed by atoms with E-state index in [1.165, 1.54) is 0 Å². The lowest BCUT2D eigenvalue weighted by Crippen LogP contribution is -2.38. The molecule has 0 amide bonds. The summed E-state index contributed by atoms with van der Waals surface area (Å²) in [4.78, 5) is 0. The van der Waals surface area contributed by atoms with Gasteiger partial charge < -0.3 is 15.9 Å². The fourth-order valence-corrected chi connectivity index (χ4v) is 0.982. The van der Waals surface area contributed by atoms with Crippen molar-refractivity contribution in [1.82, 2.24) is 5.32 Å². The summed E-state index contributed by atoms with van der Waals surface area (Å²) in [7, 11) is 0. The molecule has 0 bridgehead atoms. The molecular formula is C9H14N2O2. The van der Waals surface area contributed by atoms with Crippen LogP contribution in [0.25, 0.3) is 0 Å². The Morgan fingerprint density at radius 2 is 1.85 bits per heavy atom. The first-order chi connectivity index (χ1) is 6.24. The normalized spacial score (nSPS) is 15.3. The Morgan fingerprint density at radius 1 is 1.23 bits per heavy atom. The summed E-state index contributed by atoms with van der Waals surface area (Å²) < 4.78 is 0. The van der Waals surface area contributed by atoms with Gasteiger partial charge in [-0.25, -0.2) is 0 Å². The van der Waals surface area contributed by atoms with Crippen LogP contribution in [-0.4, -0.2) is 23.0 Å². The van der Waals surface area contributed by atoms with Gasteiger partial charge in [0, 0.05) is 6.54 Å². The van der Waals surface area contributed by atoms with Crippen molar-refractivity contribution in [3.05, 3.63) is 35.9 Å².